The summed E-state index contributed by atoms with van der Waals surface area (Å²) in [7, 11) is 0. The Morgan fingerprint density at radius 1 is 0.564 bits per heavy atom. The van der Waals surface area contributed by atoms with E-state index in [0.717, 1.165) is 79.1 Å². The van der Waals surface area contributed by atoms with Gasteiger partial charge in [0, 0.05) is 86.5 Å². The molecule has 2 aliphatic heterocycles. The fourth-order valence-electron chi connectivity index (χ4n) is 7.67. The molecule has 2 aliphatic rings. The summed E-state index contributed by atoms with van der Waals surface area (Å²) < 4.78 is 0. The van der Waals surface area contributed by atoms with Crippen molar-refractivity contribution in [1.82, 2.24) is 20.0 Å². The first kappa shape index (κ1) is 38.5. The number of nitrogens with one attached hydrogen (secondary N) is 1. The maximum Gasteiger partial charge on any atom is 0.220 e. The summed E-state index contributed by atoms with van der Waals surface area (Å²) in [5, 5.41) is 5.20. The molecule has 55 heavy (non-hydrogen) atoms. The zero-order valence-corrected chi connectivity index (χ0v) is 32.8. The highest BCUT2D eigenvalue weighted by molar-refractivity contribution is 6.33. The molecule has 1 N–H and O–H groups in total. The monoisotopic (exact) mass is 766 g/mol. The zero-order valence-electron chi connectivity index (χ0n) is 31.3. The molecule has 1 amide bonds. The van der Waals surface area contributed by atoms with Crippen LogP contribution < -0.4 is 5.32 Å². The standard InChI is InChI=1S/C25H25ClN2O.C23H23ClN2/c1-19(29)28-16-15-27(18-25(28)22-7-3-2-4-8-22)17-20-11-13-21(14-12-20)23-9-5-6-10-24(23)26;24-22-9-5-4-8-21(22)19-12-10-18(11-13-19)16-26-15-14-25-23(17-26)20-6-2-1-3-7-20/h2-14,25H,15-18H2,1H3;1-13,23,25H,14-17H2. The second kappa shape index (κ2) is 18.7. The summed E-state index contributed by atoms with van der Waals surface area (Å²) in [4.78, 5) is 19.1. The van der Waals surface area contributed by atoms with E-state index in [4.69, 9.17) is 23.2 Å². The van der Waals surface area contributed by atoms with Gasteiger partial charge < -0.3 is 10.2 Å². The van der Waals surface area contributed by atoms with E-state index in [-0.39, 0.29) is 11.9 Å². The van der Waals surface area contributed by atoms with E-state index in [1.54, 1.807) is 6.92 Å². The summed E-state index contributed by atoms with van der Waals surface area (Å²) >= 11 is 12.6. The van der Waals surface area contributed by atoms with Crippen LogP contribution in [0.25, 0.3) is 22.3 Å². The molecule has 0 radical (unpaired) electrons. The Balaban J connectivity index is 0.000000170. The van der Waals surface area contributed by atoms with Gasteiger partial charge in [0.2, 0.25) is 5.91 Å². The van der Waals surface area contributed by atoms with Crippen molar-refractivity contribution in [3.8, 4) is 22.3 Å². The van der Waals surface area contributed by atoms with Crippen molar-refractivity contribution in [1.29, 1.82) is 0 Å². The fraction of sp³-hybridized carbons (Fsp3) is 0.229. The summed E-state index contributed by atoms with van der Waals surface area (Å²) in [6.45, 7) is 9.14. The Morgan fingerprint density at radius 3 is 1.55 bits per heavy atom. The smallest absolute Gasteiger partial charge is 0.220 e. The highest BCUT2D eigenvalue weighted by atomic mass is 35.5. The van der Waals surface area contributed by atoms with Gasteiger partial charge in [0.25, 0.3) is 0 Å². The van der Waals surface area contributed by atoms with E-state index in [1.165, 1.54) is 27.8 Å². The molecule has 6 aromatic rings. The molecule has 0 aliphatic carbocycles. The van der Waals surface area contributed by atoms with Crippen molar-refractivity contribution in [3.05, 3.63) is 190 Å². The third-order valence-electron chi connectivity index (χ3n) is 10.6. The number of carbonyl (C=O) groups is 1. The minimum absolute atomic E-state index is 0.102. The van der Waals surface area contributed by atoms with Crippen LogP contribution in [0.1, 0.15) is 41.3 Å². The average molecular weight is 768 g/mol. The predicted molar refractivity (Wildman–Crippen MR) is 228 cm³/mol. The largest absolute Gasteiger partial charge is 0.333 e. The molecule has 2 atom stereocenters. The molecule has 280 valence electrons. The molecule has 2 fully saturated rings. The maximum absolute atomic E-state index is 12.1. The van der Waals surface area contributed by atoms with Gasteiger partial charge in [-0.2, -0.15) is 0 Å². The highest BCUT2D eigenvalue weighted by Gasteiger charge is 2.30. The second-order valence-electron chi connectivity index (χ2n) is 14.4. The molecule has 0 spiro atoms. The maximum atomic E-state index is 12.1. The molecule has 2 saturated heterocycles. The van der Waals surface area contributed by atoms with Crippen molar-refractivity contribution in [3.63, 3.8) is 0 Å². The van der Waals surface area contributed by atoms with Crippen molar-refractivity contribution in [2.75, 3.05) is 39.3 Å². The Kier molecular flexibility index (Phi) is 13.1. The number of halogens is 2. The number of hydrogen-bond donors (Lipinski definition) is 1. The molecular weight excluding hydrogens is 719 g/mol. The molecule has 0 aromatic heterocycles. The van der Waals surface area contributed by atoms with E-state index in [1.807, 2.05) is 65.6 Å². The van der Waals surface area contributed by atoms with E-state index >= 15 is 0 Å². The third kappa shape index (κ3) is 10.1. The highest BCUT2D eigenvalue weighted by Crippen LogP contribution is 2.30. The SMILES string of the molecule is CC(=O)N1CCN(Cc2ccc(-c3ccccc3Cl)cc2)CC1c1ccccc1.Clc1ccccc1-c1ccc(CN2CCNC(c3ccccc3)C2)cc1. The predicted octanol–water partition coefficient (Wildman–Crippen LogP) is 10.6. The van der Waals surface area contributed by atoms with Gasteiger partial charge in [-0.15, -0.1) is 0 Å². The number of carbonyl (C=O) groups excluding carboxylic acids is 1. The summed E-state index contributed by atoms with van der Waals surface area (Å²) in [5.74, 6) is 0.141. The minimum Gasteiger partial charge on any atom is -0.333 e. The number of amides is 1. The Hall–Kier alpha value is -4.75. The molecule has 6 aromatic carbocycles. The fourth-order valence-corrected chi connectivity index (χ4v) is 8.16. The molecule has 2 unspecified atom stereocenters. The topological polar surface area (TPSA) is 38.8 Å². The van der Waals surface area contributed by atoms with Gasteiger partial charge in [-0.05, 0) is 45.5 Å². The zero-order chi connectivity index (χ0) is 38.0. The molecule has 0 saturated carbocycles. The third-order valence-corrected chi connectivity index (χ3v) is 11.3. The molecule has 7 heteroatoms. The van der Waals surface area contributed by atoms with Crippen LogP contribution in [0.5, 0.6) is 0 Å². The Labute approximate surface area is 336 Å². The second-order valence-corrected chi connectivity index (χ2v) is 15.2. The van der Waals surface area contributed by atoms with Crippen molar-refractivity contribution >= 4 is 29.1 Å². The lowest BCUT2D eigenvalue weighted by Gasteiger charge is -2.41. The first-order chi connectivity index (χ1) is 26.9. The number of nitrogens with zero attached hydrogens (tertiary/aromatic N) is 3. The quantitative estimate of drug-likeness (QED) is 0.167. The van der Waals surface area contributed by atoms with Crippen LogP contribution in [0.3, 0.4) is 0 Å². The van der Waals surface area contributed by atoms with Crippen molar-refractivity contribution < 1.29 is 4.79 Å². The van der Waals surface area contributed by atoms with Crippen LogP contribution in [0.4, 0.5) is 0 Å². The Bertz CT molecular complexity index is 2130. The van der Waals surface area contributed by atoms with Gasteiger partial charge in [0.05, 0.1) is 6.04 Å². The van der Waals surface area contributed by atoms with Crippen LogP contribution in [0.15, 0.2) is 158 Å². The van der Waals surface area contributed by atoms with Gasteiger partial charge in [-0.25, -0.2) is 0 Å². The summed E-state index contributed by atoms with van der Waals surface area (Å²) in [5.41, 5.74) is 9.61. The number of piperazine rings is 2. The Morgan fingerprint density at radius 2 is 1.04 bits per heavy atom. The molecule has 2 heterocycles. The average Bonchev–Trinajstić information content (AvgIpc) is 3.23. The van der Waals surface area contributed by atoms with E-state index in [0.29, 0.717) is 6.04 Å². The summed E-state index contributed by atoms with van der Waals surface area (Å²) in [6, 6.07) is 54.9. The van der Waals surface area contributed by atoms with Crippen LogP contribution in [0.2, 0.25) is 10.0 Å². The van der Waals surface area contributed by atoms with Gasteiger partial charge in [0.1, 0.15) is 0 Å². The number of benzene rings is 6. The van der Waals surface area contributed by atoms with E-state index in [9.17, 15) is 4.79 Å². The van der Waals surface area contributed by atoms with Crippen LogP contribution in [0, 0.1) is 0 Å². The molecular formula is C48H48Cl2N4O. The van der Waals surface area contributed by atoms with Crippen molar-refractivity contribution in [2.24, 2.45) is 0 Å². The van der Waals surface area contributed by atoms with Crippen LogP contribution in [-0.4, -0.2) is 59.9 Å². The lowest BCUT2D eigenvalue weighted by atomic mass is 10.0. The normalized spacial score (nSPS) is 17.6. The van der Waals surface area contributed by atoms with E-state index < -0.39 is 0 Å². The number of rotatable bonds is 8. The van der Waals surface area contributed by atoms with Gasteiger partial charge in [-0.1, -0.05) is 169 Å². The first-order valence-corrected chi connectivity index (χ1v) is 19.9. The summed E-state index contributed by atoms with van der Waals surface area (Å²) in [6.07, 6.45) is 0. The van der Waals surface area contributed by atoms with Crippen LogP contribution >= 0.6 is 23.2 Å². The van der Waals surface area contributed by atoms with E-state index in [2.05, 4.69) is 112 Å². The first-order valence-electron chi connectivity index (χ1n) is 19.1. The lowest BCUT2D eigenvalue weighted by Crippen LogP contribution is -2.49. The van der Waals surface area contributed by atoms with Gasteiger partial charge >= 0.3 is 0 Å². The van der Waals surface area contributed by atoms with Gasteiger partial charge in [-0.3, -0.25) is 14.6 Å². The number of hydrogen-bond acceptors (Lipinski definition) is 4. The molecule has 5 nitrogen and oxygen atoms in total. The molecule has 0 bridgehead atoms. The molecule has 8 rings (SSSR count). The van der Waals surface area contributed by atoms with Crippen LogP contribution in [-0.2, 0) is 17.9 Å². The van der Waals surface area contributed by atoms with Gasteiger partial charge in [0.15, 0.2) is 0 Å². The minimum atomic E-state index is 0.102. The van der Waals surface area contributed by atoms with Crippen molar-refractivity contribution in [2.45, 2.75) is 32.1 Å². The lowest BCUT2D eigenvalue weighted by molar-refractivity contribution is -0.134.